The van der Waals surface area contributed by atoms with Crippen molar-refractivity contribution < 1.29 is 4.79 Å². The van der Waals surface area contributed by atoms with Crippen LogP contribution in [0.25, 0.3) is 0 Å². The molecule has 1 aromatic heterocycles. The third-order valence-corrected chi connectivity index (χ3v) is 7.41. The number of hydrogen-bond donors (Lipinski definition) is 1. The number of benzene rings is 1. The molecule has 4 heteroatoms. The van der Waals surface area contributed by atoms with E-state index in [0.717, 1.165) is 43.8 Å². The van der Waals surface area contributed by atoms with Gasteiger partial charge >= 0.3 is 0 Å². The van der Waals surface area contributed by atoms with Crippen molar-refractivity contribution >= 4 is 17.2 Å². The molecule has 1 aliphatic carbocycles. The smallest absolute Gasteiger partial charge is 0.252 e. The molecule has 1 saturated heterocycles. The van der Waals surface area contributed by atoms with E-state index in [-0.39, 0.29) is 5.91 Å². The zero-order valence-corrected chi connectivity index (χ0v) is 17.6. The van der Waals surface area contributed by atoms with Crippen molar-refractivity contribution in [1.29, 1.82) is 0 Å². The van der Waals surface area contributed by atoms with Gasteiger partial charge in [0.15, 0.2) is 0 Å². The van der Waals surface area contributed by atoms with Gasteiger partial charge in [-0.3, -0.25) is 4.79 Å². The summed E-state index contributed by atoms with van der Waals surface area (Å²) >= 11 is 1.77. The molecule has 0 radical (unpaired) electrons. The van der Waals surface area contributed by atoms with Gasteiger partial charge in [0.2, 0.25) is 0 Å². The van der Waals surface area contributed by atoms with Crippen LogP contribution in [0, 0.1) is 5.92 Å². The van der Waals surface area contributed by atoms with Crippen LogP contribution in [0.3, 0.4) is 0 Å². The Hall–Kier alpha value is -1.65. The molecule has 2 aromatic rings. The number of thiophene rings is 1. The molecule has 3 nitrogen and oxygen atoms in total. The maximum absolute atomic E-state index is 12.5. The second-order valence-corrected chi connectivity index (χ2v) is 9.31. The first-order chi connectivity index (χ1) is 13.8. The van der Waals surface area contributed by atoms with Crippen LogP contribution in [0.1, 0.15) is 58.5 Å². The van der Waals surface area contributed by atoms with Crippen molar-refractivity contribution in [1.82, 2.24) is 10.2 Å². The van der Waals surface area contributed by atoms with Gasteiger partial charge < -0.3 is 10.2 Å². The number of fused-ring (bicyclic) bond motifs is 1. The van der Waals surface area contributed by atoms with E-state index in [1.807, 2.05) is 0 Å². The maximum Gasteiger partial charge on any atom is 0.252 e. The van der Waals surface area contributed by atoms with Gasteiger partial charge in [0.25, 0.3) is 5.91 Å². The Balaban J connectivity index is 1.14. The number of nitrogens with one attached hydrogen (secondary N) is 1. The van der Waals surface area contributed by atoms with Gasteiger partial charge in [0.05, 0.1) is 5.56 Å². The molecule has 1 aliphatic heterocycles. The molecular weight excluding hydrogens is 364 g/mol. The van der Waals surface area contributed by atoms with Crippen molar-refractivity contribution in [2.45, 2.75) is 51.4 Å². The zero-order valence-electron chi connectivity index (χ0n) is 16.8. The third kappa shape index (κ3) is 5.03. The lowest BCUT2D eigenvalue weighted by Crippen LogP contribution is -2.36. The Morgan fingerprint density at radius 1 is 1.11 bits per heavy atom. The first-order valence-corrected chi connectivity index (χ1v) is 11.8. The van der Waals surface area contributed by atoms with Crippen molar-refractivity contribution in [2.24, 2.45) is 5.92 Å². The summed E-state index contributed by atoms with van der Waals surface area (Å²) in [6.07, 6.45) is 9.59. The number of piperidine rings is 1. The highest BCUT2D eigenvalue weighted by molar-refractivity contribution is 7.10. The van der Waals surface area contributed by atoms with Gasteiger partial charge in [-0.2, -0.15) is 0 Å². The first-order valence-electron chi connectivity index (χ1n) is 10.9. The third-order valence-electron chi connectivity index (χ3n) is 6.32. The molecule has 0 atom stereocenters. The fourth-order valence-electron chi connectivity index (χ4n) is 4.65. The Morgan fingerprint density at radius 2 is 1.89 bits per heavy atom. The number of amides is 1. The van der Waals surface area contributed by atoms with E-state index in [4.69, 9.17) is 0 Å². The Morgan fingerprint density at radius 3 is 2.71 bits per heavy atom. The number of rotatable bonds is 7. The van der Waals surface area contributed by atoms with Crippen LogP contribution >= 0.6 is 11.3 Å². The van der Waals surface area contributed by atoms with Gasteiger partial charge in [-0.05, 0) is 88.0 Å². The van der Waals surface area contributed by atoms with Crippen LogP contribution < -0.4 is 5.32 Å². The maximum atomic E-state index is 12.5. The van der Waals surface area contributed by atoms with Gasteiger partial charge in [0, 0.05) is 16.8 Å². The predicted octanol–water partition coefficient (Wildman–Crippen LogP) is 4.70. The van der Waals surface area contributed by atoms with Crippen LogP contribution in [0.2, 0.25) is 0 Å². The molecule has 1 fully saturated rings. The topological polar surface area (TPSA) is 32.3 Å². The number of carbonyl (C=O) groups excluding carboxylic acids is 1. The van der Waals surface area contributed by atoms with Crippen molar-refractivity contribution in [3.8, 4) is 0 Å². The minimum absolute atomic E-state index is 0.140. The van der Waals surface area contributed by atoms with E-state index < -0.39 is 0 Å². The van der Waals surface area contributed by atoms with Crippen LogP contribution in [-0.4, -0.2) is 37.0 Å². The van der Waals surface area contributed by atoms with Crippen molar-refractivity contribution in [3.63, 3.8) is 0 Å². The van der Waals surface area contributed by atoms with Gasteiger partial charge in [-0.25, -0.2) is 0 Å². The normalized spacial score (nSPS) is 18.0. The molecule has 1 aromatic carbocycles. The summed E-state index contributed by atoms with van der Waals surface area (Å²) in [5.74, 6) is 0.962. The average Bonchev–Trinajstić information content (AvgIpc) is 3.17. The fourth-order valence-corrected chi connectivity index (χ4v) is 5.77. The Labute approximate surface area is 173 Å². The lowest BCUT2D eigenvalue weighted by Gasteiger charge is -2.32. The monoisotopic (exact) mass is 396 g/mol. The quantitative estimate of drug-likeness (QED) is 0.688. The Bertz CT molecular complexity index is 762. The molecule has 0 bridgehead atoms. The first kappa shape index (κ1) is 19.7. The minimum atomic E-state index is 0.140. The highest BCUT2D eigenvalue weighted by Gasteiger charge is 2.21. The van der Waals surface area contributed by atoms with Crippen molar-refractivity contribution in [3.05, 3.63) is 57.3 Å². The molecule has 2 heterocycles. The van der Waals surface area contributed by atoms with Crippen molar-refractivity contribution in [2.75, 3.05) is 26.2 Å². The molecule has 0 unspecified atom stereocenters. The van der Waals surface area contributed by atoms with E-state index in [0.29, 0.717) is 0 Å². The summed E-state index contributed by atoms with van der Waals surface area (Å²) in [5, 5.41) is 5.23. The summed E-state index contributed by atoms with van der Waals surface area (Å²) in [7, 11) is 0. The van der Waals surface area contributed by atoms with Crippen LogP contribution in [0.15, 0.2) is 35.7 Å². The summed E-state index contributed by atoms with van der Waals surface area (Å²) in [5.41, 5.74) is 3.75. The standard InChI is InChI=1S/C24H32N2OS/c27-24(22-18-28-23-10-5-4-9-21(22)23)25-13-6-14-26-15-11-20(12-16-26)17-19-7-2-1-3-8-19/h1-3,7-8,18,20H,4-6,9-17H2,(H,25,27). The number of nitrogens with zero attached hydrogens (tertiary/aromatic N) is 1. The molecule has 0 saturated carbocycles. The molecule has 1 amide bonds. The molecule has 2 aliphatic rings. The Kier molecular flexibility index (Phi) is 6.81. The number of aryl methyl sites for hydroxylation is 1. The van der Waals surface area contributed by atoms with Crippen LogP contribution in [0.4, 0.5) is 0 Å². The largest absolute Gasteiger partial charge is 0.352 e. The average molecular weight is 397 g/mol. The minimum Gasteiger partial charge on any atom is -0.352 e. The molecule has 1 N–H and O–H groups in total. The number of carbonyl (C=O) groups is 1. The summed E-state index contributed by atoms with van der Waals surface area (Å²) in [6, 6.07) is 10.9. The molecule has 28 heavy (non-hydrogen) atoms. The summed E-state index contributed by atoms with van der Waals surface area (Å²) < 4.78 is 0. The van der Waals surface area contributed by atoms with E-state index in [2.05, 4.69) is 45.9 Å². The van der Waals surface area contributed by atoms with Gasteiger partial charge in [0.1, 0.15) is 0 Å². The molecule has 4 rings (SSSR count). The lowest BCUT2D eigenvalue weighted by molar-refractivity contribution is 0.0949. The summed E-state index contributed by atoms with van der Waals surface area (Å²) in [4.78, 5) is 16.5. The molecule has 0 spiro atoms. The van der Waals surface area contributed by atoms with Gasteiger partial charge in [-0.1, -0.05) is 30.3 Å². The zero-order chi connectivity index (χ0) is 19.2. The van der Waals surface area contributed by atoms with E-state index in [1.165, 1.54) is 61.2 Å². The van der Waals surface area contributed by atoms with Crippen LogP contribution in [-0.2, 0) is 19.3 Å². The van der Waals surface area contributed by atoms with E-state index >= 15 is 0 Å². The van der Waals surface area contributed by atoms with E-state index in [9.17, 15) is 4.79 Å². The molecule has 150 valence electrons. The second-order valence-electron chi connectivity index (χ2n) is 8.34. The van der Waals surface area contributed by atoms with E-state index in [1.54, 1.807) is 11.3 Å². The summed E-state index contributed by atoms with van der Waals surface area (Å²) in [6.45, 7) is 4.28. The highest BCUT2D eigenvalue weighted by Crippen LogP contribution is 2.30. The second kappa shape index (κ2) is 9.71. The molecular formula is C24H32N2OS. The lowest BCUT2D eigenvalue weighted by atomic mass is 9.90. The number of hydrogen-bond acceptors (Lipinski definition) is 3. The fraction of sp³-hybridized carbons (Fsp3) is 0.542. The van der Waals surface area contributed by atoms with Crippen LogP contribution in [0.5, 0.6) is 0 Å². The SMILES string of the molecule is O=C(NCCCN1CCC(Cc2ccccc2)CC1)c1csc2c1CCCC2. The predicted molar refractivity (Wildman–Crippen MR) is 117 cm³/mol. The number of likely N-dealkylation sites (tertiary alicyclic amines) is 1. The highest BCUT2D eigenvalue weighted by atomic mass is 32.1. The van der Waals surface area contributed by atoms with Gasteiger partial charge in [-0.15, -0.1) is 11.3 Å².